The Labute approximate surface area is 224 Å². The van der Waals surface area contributed by atoms with E-state index >= 15 is 0 Å². The van der Waals surface area contributed by atoms with Crippen molar-refractivity contribution in [2.45, 2.75) is 13.5 Å². The lowest BCUT2D eigenvalue weighted by Gasteiger charge is -2.35. The first-order valence-corrected chi connectivity index (χ1v) is 13.2. The van der Waals surface area contributed by atoms with Gasteiger partial charge in [-0.1, -0.05) is 91.0 Å². The Morgan fingerprint density at radius 2 is 1.42 bits per heavy atom. The van der Waals surface area contributed by atoms with E-state index < -0.39 is 0 Å². The van der Waals surface area contributed by atoms with Gasteiger partial charge in [-0.3, -0.25) is 9.69 Å². The highest BCUT2D eigenvalue weighted by molar-refractivity contribution is 6.08. The first-order chi connectivity index (χ1) is 18.7. The van der Waals surface area contributed by atoms with E-state index in [2.05, 4.69) is 59.5 Å². The van der Waals surface area contributed by atoms with Gasteiger partial charge >= 0.3 is 0 Å². The third-order valence-electron chi connectivity index (χ3n) is 6.92. The Morgan fingerprint density at radius 3 is 2.18 bits per heavy atom. The highest BCUT2D eigenvalue weighted by Gasteiger charge is 2.24. The zero-order valence-corrected chi connectivity index (χ0v) is 21.8. The molecule has 0 atom stereocenters. The van der Waals surface area contributed by atoms with Crippen LogP contribution in [0.15, 0.2) is 103 Å². The highest BCUT2D eigenvalue weighted by Crippen LogP contribution is 2.31. The molecule has 38 heavy (non-hydrogen) atoms. The molecule has 0 bridgehead atoms. The molecular weight excluding hydrogens is 470 g/mol. The maximum absolute atomic E-state index is 13.8. The zero-order chi connectivity index (χ0) is 26.3. The molecule has 2 heterocycles. The fourth-order valence-corrected chi connectivity index (χ4v) is 5.06. The molecule has 192 valence electrons. The minimum atomic E-state index is 0.0875. The number of benzene rings is 4. The maximum Gasteiger partial charge on any atom is 0.254 e. The number of piperazine rings is 1. The lowest BCUT2D eigenvalue weighted by molar-refractivity contribution is 0.0630. The number of amides is 1. The molecule has 0 aliphatic carbocycles. The van der Waals surface area contributed by atoms with Crippen molar-refractivity contribution in [1.82, 2.24) is 14.8 Å². The number of aliphatic hydroxyl groups is 1. The average molecular weight is 504 g/mol. The van der Waals surface area contributed by atoms with Crippen LogP contribution in [0.3, 0.4) is 0 Å². The van der Waals surface area contributed by atoms with Gasteiger partial charge in [0.05, 0.1) is 16.8 Å². The highest BCUT2D eigenvalue weighted by atomic mass is 16.2. The van der Waals surface area contributed by atoms with Crippen LogP contribution in [0.5, 0.6) is 0 Å². The Bertz CT molecular complexity index is 1520. The van der Waals surface area contributed by atoms with Crippen molar-refractivity contribution in [3.8, 4) is 11.3 Å². The van der Waals surface area contributed by atoms with Crippen LogP contribution in [0.4, 0.5) is 0 Å². The molecule has 1 saturated heterocycles. The number of fused-ring (bicyclic) bond motifs is 2. The number of rotatable bonds is 4. The minimum Gasteiger partial charge on any atom is -0.397 e. The SMILES string of the molecule is CCO.O=C(c1cc(-c2cccc3ccccc23)nc2ccccc12)N1CCN(Cc2ccccc2)CC1. The summed E-state index contributed by atoms with van der Waals surface area (Å²) in [6.45, 7) is 6.06. The maximum atomic E-state index is 13.8. The van der Waals surface area contributed by atoms with E-state index in [4.69, 9.17) is 10.1 Å². The predicted molar refractivity (Wildman–Crippen MR) is 155 cm³/mol. The van der Waals surface area contributed by atoms with Crippen molar-refractivity contribution in [1.29, 1.82) is 0 Å². The van der Waals surface area contributed by atoms with E-state index in [-0.39, 0.29) is 12.5 Å². The fraction of sp³-hybridized carbons (Fsp3) is 0.212. The van der Waals surface area contributed by atoms with Gasteiger partial charge in [-0.25, -0.2) is 4.98 Å². The summed E-state index contributed by atoms with van der Waals surface area (Å²) in [5.74, 6) is 0.0875. The molecule has 5 nitrogen and oxygen atoms in total. The van der Waals surface area contributed by atoms with Crippen molar-refractivity contribution >= 4 is 27.6 Å². The van der Waals surface area contributed by atoms with Crippen molar-refractivity contribution in [3.05, 3.63) is 114 Å². The second-order valence-electron chi connectivity index (χ2n) is 9.47. The number of para-hydroxylation sites is 1. The molecule has 1 N–H and O–H groups in total. The minimum absolute atomic E-state index is 0.0875. The molecule has 6 rings (SSSR count). The predicted octanol–water partition coefficient (Wildman–Crippen LogP) is 6.01. The third kappa shape index (κ3) is 5.59. The zero-order valence-electron chi connectivity index (χ0n) is 21.8. The second kappa shape index (κ2) is 12.0. The van der Waals surface area contributed by atoms with E-state index in [9.17, 15) is 4.79 Å². The van der Waals surface area contributed by atoms with Gasteiger partial charge < -0.3 is 10.0 Å². The van der Waals surface area contributed by atoms with Crippen LogP contribution in [0.1, 0.15) is 22.8 Å². The fourth-order valence-electron chi connectivity index (χ4n) is 5.06. The Morgan fingerprint density at radius 1 is 0.789 bits per heavy atom. The second-order valence-corrected chi connectivity index (χ2v) is 9.47. The lowest BCUT2D eigenvalue weighted by atomic mass is 9.98. The molecule has 1 aliphatic heterocycles. The Kier molecular flexibility index (Phi) is 8.07. The van der Waals surface area contributed by atoms with E-state index in [1.807, 2.05) is 53.4 Å². The first kappa shape index (κ1) is 25.6. The topological polar surface area (TPSA) is 56.7 Å². The monoisotopic (exact) mass is 503 g/mol. The standard InChI is InChI=1S/C31H27N3O.C2H6O/c35-31(34-19-17-33(18-20-34)22-23-9-2-1-3-10-23)28-21-30(32-29-16-7-6-14-27(28)29)26-15-8-12-24-11-4-5-13-25(24)26;1-2-3/h1-16,21H,17-20,22H2;3H,2H2,1H3. The molecule has 1 aromatic heterocycles. The number of pyridine rings is 1. The summed E-state index contributed by atoms with van der Waals surface area (Å²) in [6.07, 6.45) is 0. The van der Waals surface area contributed by atoms with Crippen molar-refractivity contribution in [2.24, 2.45) is 0 Å². The molecule has 1 aliphatic rings. The van der Waals surface area contributed by atoms with Gasteiger partial charge in [0.1, 0.15) is 0 Å². The van der Waals surface area contributed by atoms with Crippen LogP contribution in [0.2, 0.25) is 0 Å². The molecule has 0 saturated carbocycles. The molecule has 0 unspecified atom stereocenters. The van der Waals surface area contributed by atoms with Crippen LogP contribution in [-0.2, 0) is 6.54 Å². The van der Waals surface area contributed by atoms with Crippen LogP contribution >= 0.6 is 0 Å². The van der Waals surface area contributed by atoms with Gasteiger partial charge in [-0.15, -0.1) is 0 Å². The van der Waals surface area contributed by atoms with E-state index in [1.165, 1.54) is 10.9 Å². The summed E-state index contributed by atoms with van der Waals surface area (Å²) in [7, 11) is 0. The Balaban J connectivity index is 0.000000937. The number of hydrogen-bond donors (Lipinski definition) is 1. The molecule has 1 fully saturated rings. The van der Waals surface area contributed by atoms with Gasteiger partial charge in [-0.05, 0) is 35.4 Å². The van der Waals surface area contributed by atoms with Gasteiger partial charge in [0, 0.05) is 50.3 Å². The summed E-state index contributed by atoms with van der Waals surface area (Å²) >= 11 is 0. The summed E-state index contributed by atoms with van der Waals surface area (Å²) < 4.78 is 0. The van der Waals surface area contributed by atoms with E-state index in [0.717, 1.165) is 65.8 Å². The Hall–Kier alpha value is -4.06. The molecule has 5 aromatic rings. The normalized spacial score (nSPS) is 13.8. The van der Waals surface area contributed by atoms with Crippen molar-refractivity contribution in [3.63, 3.8) is 0 Å². The number of aliphatic hydroxyl groups excluding tert-OH is 1. The summed E-state index contributed by atoms with van der Waals surface area (Å²) in [4.78, 5) is 23.2. The molecule has 4 aromatic carbocycles. The average Bonchev–Trinajstić information content (AvgIpc) is 2.97. The summed E-state index contributed by atoms with van der Waals surface area (Å²) in [6, 6.07) is 35.1. The van der Waals surface area contributed by atoms with Crippen LogP contribution in [-0.4, -0.2) is 58.6 Å². The van der Waals surface area contributed by atoms with Gasteiger partial charge in [0.2, 0.25) is 0 Å². The molecular formula is C33H33N3O2. The largest absolute Gasteiger partial charge is 0.397 e. The first-order valence-electron chi connectivity index (χ1n) is 13.2. The quantitative estimate of drug-likeness (QED) is 0.326. The van der Waals surface area contributed by atoms with Gasteiger partial charge in [0.25, 0.3) is 5.91 Å². The van der Waals surface area contributed by atoms with Crippen LogP contribution in [0.25, 0.3) is 32.9 Å². The number of carbonyl (C=O) groups excluding carboxylic acids is 1. The molecule has 0 spiro atoms. The van der Waals surface area contributed by atoms with E-state index in [0.29, 0.717) is 0 Å². The number of hydrogen-bond acceptors (Lipinski definition) is 4. The van der Waals surface area contributed by atoms with Crippen LogP contribution < -0.4 is 0 Å². The number of nitrogens with zero attached hydrogens (tertiary/aromatic N) is 3. The molecule has 0 radical (unpaired) electrons. The third-order valence-corrected chi connectivity index (χ3v) is 6.92. The van der Waals surface area contributed by atoms with Crippen molar-refractivity contribution < 1.29 is 9.90 Å². The summed E-state index contributed by atoms with van der Waals surface area (Å²) in [5, 5.41) is 10.8. The van der Waals surface area contributed by atoms with E-state index in [1.54, 1.807) is 6.92 Å². The molecule has 5 heteroatoms. The van der Waals surface area contributed by atoms with Gasteiger partial charge in [0.15, 0.2) is 0 Å². The lowest BCUT2D eigenvalue weighted by Crippen LogP contribution is -2.48. The van der Waals surface area contributed by atoms with Gasteiger partial charge in [-0.2, -0.15) is 0 Å². The molecule has 1 amide bonds. The van der Waals surface area contributed by atoms with Crippen LogP contribution in [0, 0.1) is 0 Å². The van der Waals surface area contributed by atoms with Crippen molar-refractivity contribution in [2.75, 3.05) is 32.8 Å². The summed E-state index contributed by atoms with van der Waals surface area (Å²) in [5.41, 5.74) is 4.79. The smallest absolute Gasteiger partial charge is 0.254 e. The number of carbonyl (C=O) groups is 1. The number of aromatic nitrogens is 1.